The highest BCUT2D eigenvalue weighted by Gasteiger charge is 2.52. The summed E-state index contributed by atoms with van der Waals surface area (Å²) in [6, 6.07) is 9.42. The number of anilines is 1. The number of nitrogens with zero attached hydrogens (tertiary/aromatic N) is 3. The molecule has 2 amide bonds. The number of carbonyl (C=O) groups excluding carboxylic acids is 2. The fourth-order valence-corrected chi connectivity index (χ4v) is 5.20. The molecule has 2 aliphatic heterocycles. The zero-order chi connectivity index (χ0) is 25.5. The lowest BCUT2D eigenvalue weighted by molar-refractivity contribution is -0.137. The number of likely N-dealkylation sites (tertiary alicyclic amines) is 1. The number of hydrogen-bond acceptors (Lipinski definition) is 4. The number of rotatable bonds is 3. The van der Waals surface area contributed by atoms with Crippen LogP contribution in [0.4, 0.5) is 23.2 Å². The van der Waals surface area contributed by atoms with Gasteiger partial charge in [0.05, 0.1) is 23.1 Å². The highest BCUT2D eigenvalue weighted by molar-refractivity contribution is 5.95. The van der Waals surface area contributed by atoms with Crippen molar-refractivity contribution in [1.29, 1.82) is 5.26 Å². The highest BCUT2D eigenvalue weighted by atomic mass is 19.4. The number of nitrogens with two attached hydrogens (primary N) is 1. The molecule has 10 heteroatoms. The molecule has 2 N–H and O–H groups in total. The van der Waals surface area contributed by atoms with Crippen LogP contribution in [0.5, 0.6) is 0 Å². The van der Waals surface area contributed by atoms with Crippen molar-refractivity contribution in [3.05, 3.63) is 64.5 Å². The summed E-state index contributed by atoms with van der Waals surface area (Å²) in [6.45, 7) is 2.67. The molecule has 0 aromatic heterocycles. The molecule has 0 radical (unpaired) electrons. The van der Waals surface area contributed by atoms with Gasteiger partial charge in [-0.1, -0.05) is 6.07 Å². The van der Waals surface area contributed by atoms with E-state index in [1.54, 1.807) is 17.9 Å². The molecule has 1 unspecified atom stereocenters. The van der Waals surface area contributed by atoms with Crippen molar-refractivity contribution in [2.24, 2.45) is 17.1 Å². The summed E-state index contributed by atoms with van der Waals surface area (Å²) in [7, 11) is 0. The number of piperidine rings is 1. The molecule has 184 valence electrons. The predicted octanol–water partition coefficient (Wildman–Crippen LogP) is 3.87. The highest BCUT2D eigenvalue weighted by Crippen LogP contribution is 2.46. The van der Waals surface area contributed by atoms with Crippen LogP contribution in [0.25, 0.3) is 0 Å². The van der Waals surface area contributed by atoms with Crippen LogP contribution in [0.1, 0.15) is 39.9 Å². The first kappa shape index (κ1) is 24.5. The van der Waals surface area contributed by atoms with E-state index < -0.39 is 46.3 Å². The molecule has 2 aliphatic rings. The van der Waals surface area contributed by atoms with E-state index >= 15 is 0 Å². The second-order valence-corrected chi connectivity index (χ2v) is 9.29. The molecular formula is C25H24F4N4O2. The molecule has 0 saturated carbocycles. The number of nitriles is 1. The Morgan fingerprint density at radius 2 is 1.83 bits per heavy atom. The molecule has 2 saturated heterocycles. The van der Waals surface area contributed by atoms with E-state index in [9.17, 15) is 27.2 Å². The Hall–Kier alpha value is -3.61. The van der Waals surface area contributed by atoms with Gasteiger partial charge in [-0.3, -0.25) is 9.59 Å². The lowest BCUT2D eigenvalue weighted by Crippen LogP contribution is -2.47. The van der Waals surface area contributed by atoms with Gasteiger partial charge in [-0.2, -0.15) is 18.4 Å². The van der Waals surface area contributed by atoms with Crippen molar-refractivity contribution in [1.82, 2.24) is 4.90 Å². The molecule has 0 bridgehead atoms. The monoisotopic (exact) mass is 488 g/mol. The molecule has 1 spiro atoms. The van der Waals surface area contributed by atoms with Crippen LogP contribution >= 0.6 is 0 Å². The van der Waals surface area contributed by atoms with Gasteiger partial charge in [0.1, 0.15) is 5.82 Å². The van der Waals surface area contributed by atoms with E-state index in [0.29, 0.717) is 37.2 Å². The van der Waals surface area contributed by atoms with Gasteiger partial charge < -0.3 is 15.5 Å². The van der Waals surface area contributed by atoms with Crippen LogP contribution in [0, 0.1) is 35.4 Å². The summed E-state index contributed by atoms with van der Waals surface area (Å²) in [6.07, 6.45) is -3.78. The standard InChI is InChI=1S/C25H24F4N4O2/c1-15-2-3-16(10-21(15)26)23(35)33-13-20(22(31)34)24(14-33)6-8-32(9-7-24)18-5-4-17(12-30)19(11-18)25(27,28)29/h2-5,10-11,20H,6-9,13-14H2,1H3,(H2,31,34). The number of hydrogen-bond donors (Lipinski definition) is 1. The Kier molecular flexibility index (Phi) is 6.21. The normalized spacial score (nSPS) is 19.6. The summed E-state index contributed by atoms with van der Waals surface area (Å²) in [5, 5.41) is 9.02. The van der Waals surface area contributed by atoms with Gasteiger partial charge in [-0.05, 0) is 55.7 Å². The number of amides is 2. The maximum Gasteiger partial charge on any atom is 0.417 e. The molecular weight excluding hydrogens is 464 g/mol. The van der Waals surface area contributed by atoms with Crippen molar-refractivity contribution in [3.63, 3.8) is 0 Å². The van der Waals surface area contributed by atoms with Crippen molar-refractivity contribution >= 4 is 17.5 Å². The van der Waals surface area contributed by atoms with Gasteiger partial charge in [0, 0.05) is 42.8 Å². The Bertz CT molecular complexity index is 1210. The third-order valence-corrected chi connectivity index (χ3v) is 7.25. The molecule has 2 aromatic carbocycles. The zero-order valence-electron chi connectivity index (χ0n) is 19.0. The largest absolute Gasteiger partial charge is 0.417 e. The number of halogens is 4. The minimum absolute atomic E-state index is 0.110. The molecule has 0 aliphatic carbocycles. The minimum atomic E-state index is -4.66. The molecule has 6 nitrogen and oxygen atoms in total. The molecule has 35 heavy (non-hydrogen) atoms. The average Bonchev–Trinajstić information content (AvgIpc) is 3.19. The summed E-state index contributed by atoms with van der Waals surface area (Å²) in [4.78, 5) is 28.6. The maximum atomic E-state index is 14.0. The Balaban J connectivity index is 1.54. The van der Waals surface area contributed by atoms with Crippen molar-refractivity contribution in [3.8, 4) is 6.07 Å². The van der Waals surface area contributed by atoms with Gasteiger partial charge in [0.25, 0.3) is 5.91 Å². The Morgan fingerprint density at radius 1 is 1.14 bits per heavy atom. The summed E-state index contributed by atoms with van der Waals surface area (Å²) < 4.78 is 54.2. The Morgan fingerprint density at radius 3 is 2.40 bits per heavy atom. The summed E-state index contributed by atoms with van der Waals surface area (Å²) in [5.41, 5.74) is 4.58. The second-order valence-electron chi connectivity index (χ2n) is 9.29. The van der Waals surface area contributed by atoms with Crippen LogP contribution in [0.2, 0.25) is 0 Å². The minimum Gasteiger partial charge on any atom is -0.371 e. The number of primary amides is 1. The van der Waals surface area contributed by atoms with E-state index in [1.807, 2.05) is 0 Å². The smallest absolute Gasteiger partial charge is 0.371 e. The maximum absolute atomic E-state index is 14.0. The lowest BCUT2D eigenvalue weighted by atomic mass is 9.70. The van der Waals surface area contributed by atoms with Crippen molar-refractivity contribution in [2.75, 3.05) is 31.1 Å². The van der Waals surface area contributed by atoms with Crippen LogP contribution in [-0.2, 0) is 11.0 Å². The molecule has 2 aromatic rings. The average molecular weight is 488 g/mol. The van der Waals surface area contributed by atoms with E-state index in [-0.39, 0.29) is 18.7 Å². The van der Waals surface area contributed by atoms with Gasteiger partial charge in [-0.25, -0.2) is 4.39 Å². The summed E-state index contributed by atoms with van der Waals surface area (Å²) >= 11 is 0. The van der Waals surface area contributed by atoms with E-state index in [2.05, 4.69) is 0 Å². The Labute approximate surface area is 199 Å². The fourth-order valence-electron chi connectivity index (χ4n) is 5.20. The third-order valence-electron chi connectivity index (χ3n) is 7.25. The van der Waals surface area contributed by atoms with Gasteiger partial charge in [0.15, 0.2) is 0 Å². The number of carbonyl (C=O) groups is 2. The second kappa shape index (κ2) is 8.87. The summed E-state index contributed by atoms with van der Waals surface area (Å²) in [5.74, 6) is -2.04. The molecule has 1 atom stereocenters. The zero-order valence-corrected chi connectivity index (χ0v) is 19.0. The molecule has 2 heterocycles. The molecule has 2 fully saturated rings. The fraction of sp³-hybridized carbons (Fsp3) is 0.400. The van der Waals surface area contributed by atoms with Gasteiger partial charge in [0.2, 0.25) is 5.91 Å². The number of alkyl halides is 3. The number of benzene rings is 2. The van der Waals surface area contributed by atoms with Crippen LogP contribution in [0.15, 0.2) is 36.4 Å². The SMILES string of the molecule is Cc1ccc(C(=O)N2CC(C(N)=O)C3(CCN(c4ccc(C#N)c(C(F)(F)F)c4)CC3)C2)cc1F. The molecule has 4 rings (SSSR count). The van der Waals surface area contributed by atoms with Crippen LogP contribution in [-0.4, -0.2) is 42.9 Å². The van der Waals surface area contributed by atoms with E-state index in [1.165, 1.54) is 29.2 Å². The van der Waals surface area contributed by atoms with Crippen molar-refractivity contribution in [2.45, 2.75) is 25.9 Å². The number of aryl methyl sites for hydroxylation is 1. The first-order chi connectivity index (χ1) is 16.4. The third kappa shape index (κ3) is 4.55. The van der Waals surface area contributed by atoms with Crippen LogP contribution in [0.3, 0.4) is 0 Å². The topological polar surface area (TPSA) is 90.4 Å². The quantitative estimate of drug-likeness (QED) is 0.665. The van der Waals surface area contributed by atoms with E-state index in [4.69, 9.17) is 11.0 Å². The van der Waals surface area contributed by atoms with Gasteiger partial charge in [-0.15, -0.1) is 0 Å². The van der Waals surface area contributed by atoms with E-state index in [0.717, 1.165) is 12.1 Å². The first-order valence-corrected chi connectivity index (χ1v) is 11.2. The first-order valence-electron chi connectivity index (χ1n) is 11.2. The van der Waals surface area contributed by atoms with Gasteiger partial charge >= 0.3 is 6.18 Å². The van der Waals surface area contributed by atoms with Crippen LogP contribution < -0.4 is 10.6 Å². The predicted molar refractivity (Wildman–Crippen MR) is 120 cm³/mol. The van der Waals surface area contributed by atoms with Crippen molar-refractivity contribution < 1.29 is 27.2 Å². The lowest BCUT2D eigenvalue weighted by Gasteiger charge is -2.42.